The maximum atomic E-state index is 11.8. The number of pyridine rings is 1. The standard InChI is InChI=1S/C13H21N5O/c1-3-7-17-13(19)18(12(14)15)9-6-11-10(2)5-4-8-16-11/h4-5,8H,3,6-7,9H2,1-2H3,(H3,14,15)(H,17,19). The lowest BCUT2D eigenvalue weighted by molar-refractivity contribution is 0.220. The van der Waals surface area contributed by atoms with Gasteiger partial charge < -0.3 is 11.1 Å². The monoisotopic (exact) mass is 263 g/mol. The summed E-state index contributed by atoms with van der Waals surface area (Å²) in [4.78, 5) is 17.3. The number of hydrogen-bond acceptors (Lipinski definition) is 3. The molecule has 0 saturated heterocycles. The average Bonchev–Trinajstić information content (AvgIpc) is 2.38. The minimum atomic E-state index is -0.331. The van der Waals surface area contributed by atoms with Crippen molar-refractivity contribution < 1.29 is 4.79 Å². The van der Waals surface area contributed by atoms with Crippen LogP contribution < -0.4 is 11.1 Å². The minimum Gasteiger partial charge on any atom is -0.370 e. The number of rotatable bonds is 5. The van der Waals surface area contributed by atoms with Gasteiger partial charge in [-0.15, -0.1) is 0 Å². The van der Waals surface area contributed by atoms with Crippen LogP contribution in [0.1, 0.15) is 24.6 Å². The smallest absolute Gasteiger partial charge is 0.324 e. The lowest BCUT2D eigenvalue weighted by Crippen LogP contribution is -2.48. The van der Waals surface area contributed by atoms with Crippen molar-refractivity contribution in [2.45, 2.75) is 26.7 Å². The fourth-order valence-corrected chi connectivity index (χ4v) is 1.66. The van der Waals surface area contributed by atoms with E-state index in [2.05, 4.69) is 10.3 Å². The van der Waals surface area contributed by atoms with Crippen molar-refractivity contribution >= 4 is 12.0 Å². The fraction of sp³-hybridized carbons (Fsp3) is 0.462. The van der Waals surface area contributed by atoms with Crippen molar-refractivity contribution in [3.63, 3.8) is 0 Å². The van der Waals surface area contributed by atoms with Crippen LogP contribution in [0.2, 0.25) is 0 Å². The normalized spacial score (nSPS) is 10.0. The van der Waals surface area contributed by atoms with Crippen LogP contribution in [0.15, 0.2) is 18.3 Å². The molecule has 1 aromatic heterocycles. The van der Waals surface area contributed by atoms with Gasteiger partial charge in [-0.05, 0) is 25.0 Å². The molecule has 0 bridgehead atoms. The molecule has 0 aliphatic rings. The first kappa shape index (κ1) is 14.9. The Kier molecular flexibility index (Phi) is 5.78. The van der Waals surface area contributed by atoms with Gasteiger partial charge in [-0.1, -0.05) is 13.0 Å². The number of aryl methyl sites for hydroxylation is 1. The molecular formula is C13H21N5O. The molecule has 0 aliphatic carbocycles. The summed E-state index contributed by atoms with van der Waals surface area (Å²) in [6.45, 7) is 4.86. The van der Waals surface area contributed by atoms with Gasteiger partial charge in [0.25, 0.3) is 0 Å². The molecule has 0 aromatic carbocycles. The number of carbonyl (C=O) groups excluding carboxylic acids is 1. The Bertz CT molecular complexity index is 446. The maximum absolute atomic E-state index is 11.8. The van der Waals surface area contributed by atoms with Crippen LogP contribution in [0.25, 0.3) is 0 Å². The zero-order chi connectivity index (χ0) is 14.3. The van der Waals surface area contributed by atoms with Gasteiger partial charge in [-0.3, -0.25) is 15.3 Å². The molecule has 0 spiro atoms. The molecule has 0 aliphatic heterocycles. The first-order chi connectivity index (χ1) is 9.06. The third-order valence-corrected chi connectivity index (χ3v) is 2.75. The molecule has 1 aromatic rings. The average molecular weight is 263 g/mol. The Morgan fingerprint density at radius 2 is 2.32 bits per heavy atom. The zero-order valence-electron chi connectivity index (χ0n) is 11.4. The van der Waals surface area contributed by atoms with Gasteiger partial charge in [-0.2, -0.15) is 0 Å². The summed E-state index contributed by atoms with van der Waals surface area (Å²) in [5.41, 5.74) is 7.42. The molecule has 19 heavy (non-hydrogen) atoms. The Morgan fingerprint density at radius 3 is 2.89 bits per heavy atom. The van der Waals surface area contributed by atoms with E-state index in [9.17, 15) is 4.79 Å². The minimum absolute atomic E-state index is 0.248. The van der Waals surface area contributed by atoms with Gasteiger partial charge in [0, 0.05) is 31.4 Å². The van der Waals surface area contributed by atoms with E-state index >= 15 is 0 Å². The number of hydrogen-bond donors (Lipinski definition) is 3. The number of nitrogens with one attached hydrogen (secondary N) is 2. The molecule has 1 rings (SSSR count). The molecule has 1 heterocycles. The van der Waals surface area contributed by atoms with Gasteiger partial charge in [0.05, 0.1) is 0 Å². The largest absolute Gasteiger partial charge is 0.370 e. The van der Waals surface area contributed by atoms with Crippen LogP contribution >= 0.6 is 0 Å². The molecular weight excluding hydrogens is 242 g/mol. The SMILES string of the molecule is CCCNC(=O)N(CCc1ncccc1C)C(=N)N. The summed E-state index contributed by atoms with van der Waals surface area (Å²) in [5, 5.41) is 10.2. The van der Waals surface area contributed by atoms with Crippen molar-refractivity contribution in [1.29, 1.82) is 5.41 Å². The van der Waals surface area contributed by atoms with Crippen LogP contribution in [0.3, 0.4) is 0 Å². The summed E-state index contributed by atoms with van der Waals surface area (Å²) in [5.74, 6) is -0.248. The highest BCUT2D eigenvalue weighted by Gasteiger charge is 2.16. The number of carbonyl (C=O) groups is 1. The zero-order valence-corrected chi connectivity index (χ0v) is 11.4. The van der Waals surface area contributed by atoms with Crippen molar-refractivity contribution in [2.24, 2.45) is 5.73 Å². The summed E-state index contributed by atoms with van der Waals surface area (Å²) in [7, 11) is 0. The number of nitrogens with two attached hydrogens (primary N) is 1. The Morgan fingerprint density at radius 1 is 1.58 bits per heavy atom. The Labute approximate surface area is 113 Å². The summed E-state index contributed by atoms with van der Waals surface area (Å²) >= 11 is 0. The predicted octanol–water partition coefficient (Wildman–Crippen LogP) is 1.25. The number of nitrogens with zero attached hydrogens (tertiary/aromatic N) is 2. The van der Waals surface area contributed by atoms with E-state index in [0.717, 1.165) is 17.7 Å². The van der Waals surface area contributed by atoms with Crippen LogP contribution in [-0.2, 0) is 6.42 Å². The van der Waals surface area contributed by atoms with Gasteiger partial charge >= 0.3 is 6.03 Å². The van der Waals surface area contributed by atoms with E-state index in [4.69, 9.17) is 11.1 Å². The van der Waals surface area contributed by atoms with E-state index in [1.165, 1.54) is 4.90 Å². The van der Waals surface area contributed by atoms with Crippen molar-refractivity contribution in [3.8, 4) is 0 Å². The molecule has 6 heteroatoms. The van der Waals surface area contributed by atoms with Gasteiger partial charge in [-0.25, -0.2) is 4.79 Å². The summed E-state index contributed by atoms with van der Waals surface area (Å²) in [6, 6.07) is 3.51. The summed E-state index contributed by atoms with van der Waals surface area (Å²) < 4.78 is 0. The highest BCUT2D eigenvalue weighted by atomic mass is 16.2. The molecule has 2 amide bonds. The molecule has 4 N–H and O–H groups in total. The second-order valence-corrected chi connectivity index (χ2v) is 4.29. The topological polar surface area (TPSA) is 95.1 Å². The van der Waals surface area contributed by atoms with E-state index in [1.807, 2.05) is 26.0 Å². The van der Waals surface area contributed by atoms with E-state index in [-0.39, 0.29) is 12.0 Å². The van der Waals surface area contributed by atoms with Crippen LogP contribution in [0, 0.1) is 12.3 Å². The quantitative estimate of drug-likeness (QED) is 0.551. The first-order valence-electron chi connectivity index (χ1n) is 6.36. The number of aromatic nitrogens is 1. The number of urea groups is 1. The molecule has 0 atom stereocenters. The Hall–Kier alpha value is -2.11. The molecule has 0 fully saturated rings. The lowest BCUT2D eigenvalue weighted by Gasteiger charge is -2.21. The van der Waals surface area contributed by atoms with Gasteiger partial charge in [0.15, 0.2) is 5.96 Å². The molecule has 0 radical (unpaired) electrons. The molecule has 0 saturated carbocycles. The summed E-state index contributed by atoms with van der Waals surface area (Å²) in [6.07, 6.45) is 3.14. The maximum Gasteiger partial charge on any atom is 0.324 e. The molecule has 6 nitrogen and oxygen atoms in total. The van der Waals surface area contributed by atoms with Gasteiger partial charge in [0.2, 0.25) is 0 Å². The third kappa shape index (κ3) is 4.57. The van der Waals surface area contributed by atoms with E-state index in [1.54, 1.807) is 6.20 Å². The van der Waals surface area contributed by atoms with E-state index in [0.29, 0.717) is 19.5 Å². The molecule has 0 unspecified atom stereocenters. The van der Waals surface area contributed by atoms with Crippen LogP contribution in [-0.4, -0.2) is 35.0 Å². The van der Waals surface area contributed by atoms with Crippen LogP contribution in [0.5, 0.6) is 0 Å². The second-order valence-electron chi connectivity index (χ2n) is 4.29. The number of amides is 2. The fourth-order valence-electron chi connectivity index (χ4n) is 1.66. The Balaban J connectivity index is 2.62. The van der Waals surface area contributed by atoms with Gasteiger partial charge in [0.1, 0.15) is 0 Å². The third-order valence-electron chi connectivity index (χ3n) is 2.75. The van der Waals surface area contributed by atoms with Crippen LogP contribution in [0.4, 0.5) is 4.79 Å². The lowest BCUT2D eigenvalue weighted by atomic mass is 10.1. The van der Waals surface area contributed by atoms with Crippen molar-refractivity contribution in [1.82, 2.24) is 15.2 Å². The van der Waals surface area contributed by atoms with Crippen molar-refractivity contribution in [2.75, 3.05) is 13.1 Å². The van der Waals surface area contributed by atoms with E-state index < -0.39 is 0 Å². The second kappa shape index (κ2) is 7.35. The number of guanidine groups is 1. The van der Waals surface area contributed by atoms with Crippen molar-refractivity contribution in [3.05, 3.63) is 29.6 Å². The predicted molar refractivity (Wildman–Crippen MR) is 75.0 cm³/mol. The molecule has 104 valence electrons. The highest BCUT2D eigenvalue weighted by molar-refractivity contribution is 5.93. The highest BCUT2D eigenvalue weighted by Crippen LogP contribution is 2.05. The first-order valence-corrected chi connectivity index (χ1v) is 6.36.